The molecule has 6 heteroatoms. The minimum Gasteiger partial charge on any atom is -0.550 e. The molecule has 0 aromatic heterocycles. The van der Waals surface area contributed by atoms with Crippen LogP contribution in [0, 0.1) is 5.92 Å². The number of carboxylic acids is 1. The predicted octanol–water partition coefficient (Wildman–Crippen LogP) is 1.14. The van der Waals surface area contributed by atoms with E-state index >= 15 is 0 Å². The maximum absolute atomic E-state index is 11.5. The summed E-state index contributed by atoms with van der Waals surface area (Å²) in [6.45, 7) is 1.84. The van der Waals surface area contributed by atoms with Crippen LogP contribution in [-0.2, 0) is 14.3 Å². The first-order valence-electron chi connectivity index (χ1n) is 7.34. The molecule has 0 aromatic carbocycles. The molecular weight excluding hydrogens is 294 g/mol. The molecule has 124 valence electrons. The fraction of sp³-hybridized carbons (Fsp3) is 0.867. The van der Waals surface area contributed by atoms with Gasteiger partial charge in [0.15, 0.2) is 5.60 Å². The van der Waals surface area contributed by atoms with Gasteiger partial charge in [0.25, 0.3) is 0 Å². The Morgan fingerprint density at radius 3 is 2.10 bits per heavy atom. The maximum Gasteiger partial charge on any atom is 0.303 e. The molecular formula is C15H28ClNO4. The zero-order valence-corrected chi connectivity index (χ0v) is 14.3. The molecule has 21 heavy (non-hydrogen) atoms. The number of rotatable bonds is 6. The molecule has 1 fully saturated rings. The first kappa shape index (κ1) is 20.2. The minimum absolute atomic E-state index is 0. The van der Waals surface area contributed by atoms with Gasteiger partial charge in [-0.15, -0.1) is 12.4 Å². The third kappa shape index (κ3) is 6.66. The monoisotopic (exact) mass is 321 g/mol. The molecule has 0 aliphatic heterocycles. The summed E-state index contributed by atoms with van der Waals surface area (Å²) in [6.07, 6.45) is 4.92. The van der Waals surface area contributed by atoms with E-state index in [0.29, 0.717) is 11.0 Å². The molecule has 0 radical (unpaired) electrons. The van der Waals surface area contributed by atoms with Crippen LogP contribution in [0.3, 0.4) is 0 Å². The molecule has 1 atom stereocenters. The summed E-state index contributed by atoms with van der Waals surface area (Å²) in [5.74, 6) is -1.45. The zero-order valence-electron chi connectivity index (χ0n) is 13.5. The van der Waals surface area contributed by atoms with Crippen molar-refractivity contribution in [3.63, 3.8) is 0 Å². The number of carbonyl (C=O) groups excluding carboxylic acids is 2. The Kier molecular flexibility index (Phi) is 7.68. The highest BCUT2D eigenvalue weighted by atomic mass is 35.5. The van der Waals surface area contributed by atoms with Crippen molar-refractivity contribution in [3.05, 3.63) is 0 Å². The van der Waals surface area contributed by atoms with Crippen LogP contribution < -0.4 is 5.11 Å². The minimum atomic E-state index is -1.15. The quantitative estimate of drug-likeness (QED) is 0.543. The topological polar surface area (TPSA) is 66.4 Å². The fourth-order valence-corrected chi connectivity index (χ4v) is 3.44. The lowest BCUT2D eigenvalue weighted by atomic mass is 9.74. The highest BCUT2D eigenvalue weighted by Crippen LogP contribution is 2.38. The van der Waals surface area contributed by atoms with E-state index in [-0.39, 0.29) is 24.7 Å². The van der Waals surface area contributed by atoms with Gasteiger partial charge in [0.1, 0.15) is 6.54 Å². The molecule has 5 nitrogen and oxygen atoms in total. The number of carbonyl (C=O) groups is 2. The van der Waals surface area contributed by atoms with Crippen LogP contribution in [0.5, 0.6) is 0 Å². The molecule has 1 rings (SSSR count). The molecule has 0 spiro atoms. The Morgan fingerprint density at radius 2 is 1.71 bits per heavy atom. The average Bonchev–Trinajstić information content (AvgIpc) is 2.25. The second-order valence-corrected chi connectivity index (χ2v) is 6.99. The van der Waals surface area contributed by atoms with Gasteiger partial charge in [-0.05, 0) is 12.8 Å². The summed E-state index contributed by atoms with van der Waals surface area (Å²) in [4.78, 5) is 22.7. The second kappa shape index (κ2) is 7.99. The number of quaternary nitrogens is 1. The zero-order chi connectivity index (χ0) is 15.4. The average molecular weight is 322 g/mol. The van der Waals surface area contributed by atoms with Gasteiger partial charge in [-0.1, -0.05) is 19.3 Å². The van der Waals surface area contributed by atoms with E-state index in [9.17, 15) is 14.7 Å². The maximum atomic E-state index is 11.5. The molecule has 1 aliphatic carbocycles. The molecule has 1 saturated carbocycles. The van der Waals surface area contributed by atoms with Crippen LogP contribution in [0.2, 0.25) is 0 Å². The summed E-state index contributed by atoms with van der Waals surface area (Å²) < 4.78 is 6.14. The number of nitrogens with zero attached hydrogens (tertiary/aromatic N) is 1. The van der Waals surface area contributed by atoms with Crippen molar-refractivity contribution >= 4 is 24.3 Å². The van der Waals surface area contributed by atoms with E-state index in [1.807, 2.05) is 21.1 Å². The van der Waals surface area contributed by atoms with Gasteiger partial charge in [0.05, 0.1) is 21.1 Å². The van der Waals surface area contributed by atoms with E-state index in [1.165, 1.54) is 13.3 Å². The van der Waals surface area contributed by atoms with E-state index in [2.05, 4.69) is 0 Å². The van der Waals surface area contributed by atoms with E-state index < -0.39 is 17.5 Å². The molecule has 0 aromatic rings. The summed E-state index contributed by atoms with van der Waals surface area (Å²) >= 11 is 0. The number of hydrogen-bond acceptors (Lipinski definition) is 4. The largest absolute Gasteiger partial charge is 0.550 e. The molecule has 0 saturated heterocycles. The predicted molar refractivity (Wildman–Crippen MR) is 80.8 cm³/mol. The van der Waals surface area contributed by atoms with E-state index in [4.69, 9.17) is 4.74 Å². The second-order valence-electron chi connectivity index (χ2n) is 6.99. The van der Waals surface area contributed by atoms with Crippen LogP contribution in [0.4, 0.5) is 0 Å². The summed E-state index contributed by atoms with van der Waals surface area (Å²) in [5.41, 5.74) is -0.941. The van der Waals surface area contributed by atoms with Crippen LogP contribution in [0.25, 0.3) is 0 Å². The molecule has 0 bridgehead atoms. The lowest BCUT2D eigenvalue weighted by Gasteiger charge is -2.45. The van der Waals surface area contributed by atoms with Crippen molar-refractivity contribution in [2.45, 2.75) is 51.0 Å². The molecule has 1 aliphatic rings. The normalized spacial score (nSPS) is 19.2. The van der Waals surface area contributed by atoms with Crippen molar-refractivity contribution in [3.8, 4) is 0 Å². The number of likely N-dealkylation sites (N-methyl/N-ethyl adjacent to an activating group) is 1. The summed E-state index contributed by atoms with van der Waals surface area (Å²) in [6, 6.07) is 0. The Bertz CT molecular complexity index is 343. The Hall–Kier alpha value is -0.810. The number of ether oxygens (including phenoxy) is 1. The first-order valence-corrected chi connectivity index (χ1v) is 7.34. The molecule has 0 heterocycles. The standard InChI is InChI=1S/C15H27NO4.ClH/c1-12(17)20-15(10-14(18)19,11-16(2,3)4)13-8-6-5-7-9-13;/h13H,5-11H2,1-4H3;1H. The van der Waals surface area contributed by atoms with Gasteiger partial charge in [-0.2, -0.15) is 0 Å². The first-order chi connectivity index (χ1) is 9.15. The van der Waals surface area contributed by atoms with E-state index in [1.54, 1.807) is 0 Å². The fourth-order valence-electron chi connectivity index (χ4n) is 3.44. The lowest BCUT2D eigenvalue weighted by Crippen LogP contribution is -2.58. The molecule has 0 amide bonds. The van der Waals surface area contributed by atoms with Crippen molar-refractivity contribution in [2.75, 3.05) is 27.7 Å². The van der Waals surface area contributed by atoms with Gasteiger partial charge in [0, 0.05) is 25.2 Å². The van der Waals surface area contributed by atoms with Gasteiger partial charge >= 0.3 is 5.97 Å². The SMILES string of the molecule is CC(=O)OC(CC(=O)[O-])(C[N+](C)(C)C)C1CCCCC1.Cl. The summed E-state index contributed by atoms with van der Waals surface area (Å²) in [7, 11) is 5.95. The highest BCUT2D eigenvalue weighted by Gasteiger charge is 2.46. The third-order valence-electron chi connectivity index (χ3n) is 3.88. The third-order valence-corrected chi connectivity index (χ3v) is 3.88. The van der Waals surface area contributed by atoms with Crippen LogP contribution >= 0.6 is 12.4 Å². The Labute approximate surface area is 133 Å². The Morgan fingerprint density at radius 1 is 1.19 bits per heavy atom. The highest BCUT2D eigenvalue weighted by molar-refractivity contribution is 5.85. The van der Waals surface area contributed by atoms with Crippen LogP contribution in [-0.4, -0.2) is 49.7 Å². The van der Waals surface area contributed by atoms with Crippen LogP contribution in [0.1, 0.15) is 45.4 Å². The number of halogens is 1. The van der Waals surface area contributed by atoms with Crippen molar-refractivity contribution in [2.24, 2.45) is 5.92 Å². The van der Waals surface area contributed by atoms with Crippen molar-refractivity contribution < 1.29 is 23.9 Å². The number of aliphatic carboxylic acids is 1. The summed E-state index contributed by atoms with van der Waals surface area (Å²) in [5, 5.41) is 11.2. The lowest BCUT2D eigenvalue weighted by molar-refractivity contribution is -0.877. The van der Waals surface area contributed by atoms with Gasteiger partial charge in [-0.3, -0.25) is 4.79 Å². The number of carboxylic acid groups (broad SMARTS) is 1. The van der Waals surface area contributed by atoms with E-state index in [0.717, 1.165) is 25.7 Å². The van der Waals surface area contributed by atoms with Gasteiger partial charge < -0.3 is 19.1 Å². The van der Waals surface area contributed by atoms with Crippen molar-refractivity contribution in [1.29, 1.82) is 0 Å². The van der Waals surface area contributed by atoms with Gasteiger partial charge in [0.2, 0.25) is 0 Å². The molecule has 1 unspecified atom stereocenters. The number of esters is 1. The van der Waals surface area contributed by atoms with Crippen LogP contribution in [0.15, 0.2) is 0 Å². The van der Waals surface area contributed by atoms with Crippen molar-refractivity contribution in [1.82, 2.24) is 0 Å². The number of hydrogen-bond donors (Lipinski definition) is 0. The smallest absolute Gasteiger partial charge is 0.303 e. The Balaban J connectivity index is 0.00000400. The molecule has 0 N–H and O–H groups in total. The van der Waals surface area contributed by atoms with Gasteiger partial charge in [-0.25, -0.2) is 0 Å².